The summed E-state index contributed by atoms with van der Waals surface area (Å²) < 4.78 is 22.7. The Bertz CT molecular complexity index is 625. The van der Waals surface area contributed by atoms with Crippen molar-refractivity contribution in [1.29, 1.82) is 0 Å². The van der Waals surface area contributed by atoms with Crippen molar-refractivity contribution in [3.63, 3.8) is 0 Å². The Morgan fingerprint density at radius 2 is 1.95 bits per heavy atom. The number of nitrogens with two attached hydrogens (primary N) is 1. The highest BCUT2D eigenvalue weighted by Crippen LogP contribution is 2.23. The summed E-state index contributed by atoms with van der Waals surface area (Å²) in [5, 5.41) is 8.10. The molecule has 0 bridgehead atoms. The summed E-state index contributed by atoms with van der Waals surface area (Å²) in [6.45, 7) is 0.592. The second kappa shape index (κ2) is 6.77. The Hall–Kier alpha value is -1.11. The molecule has 116 valence electrons. The van der Waals surface area contributed by atoms with Crippen LogP contribution in [0, 0.1) is 5.92 Å². The fourth-order valence-electron chi connectivity index (χ4n) is 2.58. The van der Waals surface area contributed by atoms with Crippen LogP contribution in [0.25, 0.3) is 0 Å². The first kappa shape index (κ1) is 16.3. The molecule has 0 atom stereocenters. The van der Waals surface area contributed by atoms with Crippen molar-refractivity contribution in [2.24, 2.45) is 11.1 Å². The number of halogens is 1. The Kier molecular flexibility index (Phi) is 5.24. The zero-order valence-electron chi connectivity index (χ0n) is 11.6. The summed E-state index contributed by atoms with van der Waals surface area (Å²) in [7, 11) is -3.85. The van der Waals surface area contributed by atoms with E-state index in [1.165, 1.54) is 37.5 Å². The van der Waals surface area contributed by atoms with Crippen LogP contribution < -0.4 is 10.5 Å². The summed E-state index contributed by atoms with van der Waals surface area (Å²) in [5.41, 5.74) is 0.138. The van der Waals surface area contributed by atoms with Gasteiger partial charge in [0, 0.05) is 6.54 Å². The van der Waals surface area contributed by atoms with Crippen LogP contribution in [0.2, 0.25) is 5.02 Å². The molecule has 0 heterocycles. The smallest absolute Gasteiger partial charge is 0.252 e. The Labute approximate surface area is 129 Å². The number of sulfonamides is 1. The molecule has 1 aromatic rings. The zero-order valence-corrected chi connectivity index (χ0v) is 13.2. The number of nitrogens with one attached hydrogen (secondary N) is 1. The minimum Gasteiger partial charge on any atom is -0.352 e. The van der Waals surface area contributed by atoms with Crippen molar-refractivity contribution in [2.75, 3.05) is 6.54 Å². The summed E-state index contributed by atoms with van der Waals surface area (Å²) in [5.74, 6) is 0.124. The predicted molar refractivity (Wildman–Crippen MR) is 81.7 cm³/mol. The molecule has 5 nitrogen and oxygen atoms in total. The van der Waals surface area contributed by atoms with Gasteiger partial charge in [-0.05, 0) is 37.0 Å². The third-order valence-electron chi connectivity index (χ3n) is 3.79. The fourth-order valence-corrected chi connectivity index (χ4v) is 3.32. The average Bonchev–Trinajstić information content (AvgIpc) is 2.45. The molecule has 0 spiro atoms. The molecule has 1 aliphatic rings. The molecule has 3 N–H and O–H groups in total. The predicted octanol–water partition coefficient (Wildman–Crippen LogP) is 2.30. The first-order valence-corrected chi connectivity index (χ1v) is 8.91. The lowest BCUT2D eigenvalue weighted by molar-refractivity contribution is 0.0943. The third kappa shape index (κ3) is 4.43. The molecule has 7 heteroatoms. The van der Waals surface area contributed by atoms with E-state index in [9.17, 15) is 13.2 Å². The van der Waals surface area contributed by atoms with E-state index in [-0.39, 0.29) is 21.4 Å². The van der Waals surface area contributed by atoms with Crippen molar-refractivity contribution >= 4 is 27.5 Å². The van der Waals surface area contributed by atoms with Gasteiger partial charge in [0.25, 0.3) is 5.91 Å². The summed E-state index contributed by atoms with van der Waals surface area (Å²) in [6, 6.07) is 3.88. The minimum absolute atomic E-state index is 0.116. The van der Waals surface area contributed by atoms with Crippen LogP contribution in [0.1, 0.15) is 42.5 Å². The largest absolute Gasteiger partial charge is 0.352 e. The highest BCUT2D eigenvalue weighted by atomic mass is 35.5. The monoisotopic (exact) mass is 330 g/mol. The molecule has 0 radical (unpaired) electrons. The lowest BCUT2D eigenvalue weighted by atomic mass is 9.89. The summed E-state index contributed by atoms with van der Waals surface area (Å²) in [6.07, 6.45) is 5.88. The molecular formula is C14H19ClN2O3S. The van der Waals surface area contributed by atoms with Crippen molar-refractivity contribution < 1.29 is 13.2 Å². The second-order valence-corrected chi connectivity index (χ2v) is 7.37. The number of hydrogen-bond donors (Lipinski definition) is 2. The third-order valence-corrected chi connectivity index (χ3v) is 5.03. The average molecular weight is 331 g/mol. The van der Waals surface area contributed by atoms with E-state index < -0.39 is 10.0 Å². The van der Waals surface area contributed by atoms with Crippen LogP contribution in [0.3, 0.4) is 0 Å². The van der Waals surface area contributed by atoms with Gasteiger partial charge in [-0.1, -0.05) is 30.9 Å². The van der Waals surface area contributed by atoms with Crippen LogP contribution >= 0.6 is 11.6 Å². The van der Waals surface area contributed by atoms with Gasteiger partial charge in [0.2, 0.25) is 10.0 Å². The van der Waals surface area contributed by atoms with E-state index in [1.54, 1.807) is 0 Å². The van der Waals surface area contributed by atoms with E-state index in [0.717, 1.165) is 12.8 Å². The van der Waals surface area contributed by atoms with Gasteiger partial charge in [0.05, 0.1) is 15.5 Å². The highest BCUT2D eigenvalue weighted by Gasteiger charge is 2.18. The van der Waals surface area contributed by atoms with Crippen molar-refractivity contribution in [3.05, 3.63) is 28.8 Å². The SMILES string of the molecule is NS(=O)(=O)c1ccc(Cl)c(C(=O)NCC2CCCCC2)c1. The summed E-state index contributed by atoms with van der Waals surface area (Å²) >= 11 is 5.97. The normalized spacial score (nSPS) is 16.7. The first-order chi connectivity index (χ1) is 9.88. The number of carbonyl (C=O) groups excluding carboxylic acids is 1. The van der Waals surface area contributed by atoms with E-state index >= 15 is 0 Å². The lowest BCUT2D eigenvalue weighted by Gasteiger charge is -2.21. The highest BCUT2D eigenvalue weighted by molar-refractivity contribution is 7.89. The molecule has 2 rings (SSSR count). The van der Waals surface area contributed by atoms with Crippen LogP contribution in [-0.4, -0.2) is 20.9 Å². The second-order valence-electron chi connectivity index (χ2n) is 5.40. The van der Waals surface area contributed by atoms with Crippen LogP contribution in [0.15, 0.2) is 23.1 Å². The van der Waals surface area contributed by atoms with Crippen LogP contribution in [0.4, 0.5) is 0 Å². The standard InChI is InChI=1S/C14H19ClN2O3S/c15-13-7-6-11(21(16,19)20)8-12(13)14(18)17-9-10-4-2-1-3-5-10/h6-8,10H,1-5,9H2,(H,17,18)(H2,16,19,20). The van der Waals surface area contributed by atoms with Crippen molar-refractivity contribution in [3.8, 4) is 0 Å². The van der Waals surface area contributed by atoms with Crippen LogP contribution in [0.5, 0.6) is 0 Å². The molecule has 0 saturated heterocycles. The van der Waals surface area contributed by atoms with E-state index in [4.69, 9.17) is 16.7 Å². The van der Waals surface area contributed by atoms with Gasteiger partial charge in [-0.25, -0.2) is 13.6 Å². The molecule has 21 heavy (non-hydrogen) atoms. The number of rotatable bonds is 4. The van der Waals surface area contributed by atoms with Gasteiger partial charge in [0.1, 0.15) is 0 Å². The Balaban J connectivity index is 2.07. The molecule has 1 aliphatic carbocycles. The van der Waals surface area contributed by atoms with E-state index in [2.05, 4.69) is 5.32 Å². The molecule has 1 aromatic carbocycles. The molecule has 1 fully saturated rings. The number of carbonyl (C=O) groups is 1. The molecule has 1 amide bonds. The maximum absolute atomic E-state index is 12.2. The molecule has 0 aromatic heterocycles. The molecular weight excluding hydrogens is 312 g/mol. The molecule has 0 unspecified atom stereocenters. The minimum atomic E-state index is -3.85. The Morgan fingerprint density at radius 3 is 2.57 bits per heavy atom. The number of hydrogen-bond acceptors (Lipinski definition) is 3. The molecule has 1 saturated carbocycles. The lowest BCUT2D eigenvalue weighted by Crippen LogP contribution is -2.30. The maximum Gasteiger partial charge on any atom is 0.252 e. The molecule has 0 aliphatic heterocycles. The van der Waals surface area contributed by atoms with Crippen LogP contribution in [-0.2, 0) is 10.0 Å². The number of benzene rings is 1. The van der Waals surface area contributed by atoms with E-state index in [1.807, 2.05) is 0 Å². The van der Waals surface area contributed by atoms with Gasteiger partial charge in [0.15, 0.2) is 0 Å². The first-order valence-electron chi connectivity index (χ1n) is 6.98. The van der Waals surface area contributed by atoms with Gasteiger partial charge in [-0.15, -0.1) is 0 Å². The van der Waals surface area contributed by atoms with Crippen molar-refractivity contribution in [2.45, 2.75) is 37.0 Å². The van der Waals surface area contributed by atoms with Gasteiger partial charge in [-0.2, -0.15) is 0 Å². The topological polar surface area (TPSA) is 89.3 Å². The summed E-state index contributed by atoms with van der Waals surface area (Å²) in [4.78, 5) is 12.0. The van der Waals surface area contributed by atoms with Gasteiger partial charge >= 0.3 is 0 Å². The van der Waals surface area contributed by atoms with Gasteiger partial charge in [-0.3, -0.25) is 4.79 Å². The van der Waals surface area contributed by atoms with E-state index in [0.29, 0.717) is 12.5 Å². The number of primary sulfonamides is 1. The zero-order chi connectivity index (χ0) is 15.5. The van der Waals surface area contributed by atoms with Gasteiger partial charge < -0.3 is 5.32 Å². The maximum atomic E-state index is 12.2. The fraction of sp³-hybridized carbons (Fsp3) is 0.500. The quantitative estimate of drug-likeness (QED) is 0.887. The number of amides is 1. The Morgan fingerprint density at radius 1 is 1.29 bits per heavy atom. The van der Waals surface area contributed by atoms with Crippen molar-refractivity contribution in [1.82, 2.24) is 5.32 Å².